The number of nitrogens with zero attached hydrogens (tertiary/aromatic N) is 3. The van der Waals surface area contributed by atoms with Gasteiger partial charge in [0, 0.05) is 12.2 Å². The zero-order valence-electron chi connectivity index (χ0n) is 16.9. The fraction of sp³-hybridized carbons (Fsp3) is 0.733. The molecular formula is C15H25N5O10S. The third kappa shape index (κ3) is 7.97. The molecule has 176 valence electrons. The maximum absolute atomic E-state index is 11.9. The molecule has 31 heavy (non-hydrogen) atoms. The second-order valence-electron chi connectivity index (χ2n) is 6.20. The van der Waals surface area contributed by atoms with Crippen molar-refractivity contribution < 1.29 is 39.2 Å². The second-order valence-corrected chi connectivity index (χ2v) is 7.23. The first-order chi connectivity index (χ1) is 14.4. The molecule has 16 heteroatoms. The summed E-state index contributed by atoms with van der Waals surface area (Å²) in [5, 5.41) is 41.5. The van der Waals surface area contributed by atoms with E-state index in [1.165, 1.54) is 0 Å². The first kappa shape index (κ1) is 28.0. The molecule has 0 spiro atoms. The molecule has 1 saturated heterocycles. The number of amides is 2. The zero-order chi connectivity index (χ0) is 24.4. The number of nitrogens with two attached hydrogens (primary N) is 1. The number of nitro groups is 2. The van der Waals surface area contributed by atoms with Crippen molar-refractivity contribution in [1.82, 2.24) is 10.2 Å². The van der Waals surface area contributed by atoms with Gasteiger partial charge in [0.2, 0.25) is 11.8 Å². The molecule has 1 heterocycles. The highest BCUT2D eigenvalue weighted by Crippen LogP contribution is 2.25. The highest BCUT2D eigenvalue weighted by molar-refractivity contribution is 8.00. The lowest BCUT2D eigenvalue weighted by atomic mass is 10.0. The third-order valence-corrected chi connectivity index (χ3v) is 5.08. The fourth-order valence-electron chi connectivity index (χ4n) is 2.25. The van der Waals surface area contributed by atoms with Gasteiger partial charge in [0.1, 0.15) is 21.9 Å². The molecule has 1 aliphatic heterocycles. The maximum Gasteiger partial charge on any atom is 0.492 e. The van der Waals surface area contributed by atoms with Crippen LogP contribution in [-0.2, 0) is 19.2 Å². The molecule has 1 rings (SSSR count). The van der Waals surface area contributed by atoms with Crippen LogP contribution in [-0.4, -0.2) is 91.1 Å². The predicted molar refractivity (Wildman–Crippen MR) is 106 cm³/mol. The van der Waals surface area contributed by atoms with Gasteiger partial charge >= 0.3 is 17.6 Å². The largest absolute Gasteiger partial charge is 0.492 e. The van der Waals surface area contributed by atoms with E-state index in [4.69, 9.17) is 15.9 Å². The molecule has 1 aliphatic rings. The van der Waals surface area contributed by atoms with Gasteiger partial charge in [-0.1, -0.05) is 13.8 Å². The van der Waals surface area contributed by atoms with Crippen LogP contribution < -0.4 is 11.1 Å². The van der Waals surface area contributed by atoms with Crippen LogP contribution in [0.4, 0.5) is 0 Å². The maximum atomic E-state index is 11.9. The van der Waals surface area contributed by atoms with E-state index in [2.05, 4.69) is 5.32 Å². The Hall–Kier alpha value is -3.01. The monoisotopic (exact) mass is 467 g/mol. The minimum Gasteiger partial charge on any atom is -0.480 e. The van der Waals surface area contributed by atoms with Crippen molar-refractivity contribution in [2.75, 3.05) is 24.6 Å². The SMILES string of the molecule is CC.NC(CCC(=O)NC(CSCC(=O)N1CC([N+](=O)[O-])([N+](=O)[O-])C1)C(=O)O)C(=O)O. The number of likely N-dealkylation sites (tertiary alicyclic amines) is 1. The van der Waals surface area contributed by atoms with Crippen LogP contribution in [0.1, 0.15) is 26.7 Å². The quantitative estimate of drug-likeness (QED) is 0.147. The average Bonchev–Trinajstić information content (AvgIpc) is 2.65. The van der Waals surface area contributed by atoms with E-state index in [1.54, 1.807) is 0 Å². The summed E-state index contributed by atoms with van der Waals surface area (Å²) in [5.41, 5.74) is 2.82. The highest BCUT2D eigenvalue weighted by Gasteiger charge is 2.67. The Morgan fingerprint density at radius 1 is 1.13 bits per heavy atom. The minimum atomic E-state index is -2.42. The van der Waals surface area contributed by atoms with Gasteiger partial charge in [0.05, 0.1) is 5.75 Å². The summed E-state index contributed by atoms with van der Waals surface area (Å²) in [6.07, 6.45) is -0.499. The van der Waals surface area contributed by atoms with E-state index >= 15 is 0 Å². The normalized spacial score (nSPS) is 15.9. The lowest BCUT2D eigenvalue weighted by molar-refractivity contribution is -0.809. The van der Waals surface area contributed by atoms with Gasteiger partial charge < -0.3 is 26.2 Å². The van der Waals surface area contributed by atoms with Crippen LogP contribution in [0.15, 0.2) is 0 Å². The number of thioether (sulfide) groups is 1. The first-order valence-corrected chi connectivity index (χ1v) is 10.2. The van der Waals surface area contributed by atoms with Gasteiger partial charge in [-0.25, -0.2) is 4.79 Å². The Morgan fingerprint density at radius 3 is 2.06 bits per heavy atom. The second kappa shape index (κ2) is 12.6. The molecule has 0 bridgehead atoms. The molecule has 0 aromatic carbocycles. The van der Waals surface area contributed by atoms with Crippen LogP contribution in [0.3, 0.4) is 0 Å². The van der Waals surface area contributed by atoms with Crippen molar-refractivity contribution in [3.8, 4) is 0 Å². The minimum absolute atomic E-state index is 0.192. The van der Waals surface area contributed by atoms with Crippen LogP contribution in [0.25, 0.3) is 0 Å². The Morgan fingerprint density at radius 2 is 1.65 bits per heavy atom. The molecule has 0 aromatic rings. The fourth-order valence-corrected chi connectivity index (χ4v) is 3.18. The van der Waals surface area contributed by atoms with E-state index in [-0.39, 0.29) is 24.3 Å². The third-order valence-electron chi connectivity index (χ3n) is 4.06. The highest BCUT2D eigenvalue weighted by atomic mass is 32.2. The number of hydrogen-bond donors (Lipinski definition) is 4. The van der Waals surface area contributed by atoms with E-state index in [1.807, 2.05) is 13.8 Å². The summed E-state index contributed by atoms with van der Waals surface area (Å²) in [5.74, 6) is -4.57. The molecule has 5 N–H and O–H groups in total. The van der Waals surface area contributed by atoms with E-state index < -0.39 is 64.4 Å². The summed E-state index contributed by atoms with van der Waals surface area (Å²) >= 11 is 0.818. The number of hydrogen-bond acceptors (Lipinski definition) is 10. The Kier molecular flexibility index (Phi) is 11.4. The summed E-state index contributed by atoms with van der Waals surface area (Å²) in [4.78, 5) is 65.8. The Balaban J connectivity index is 0.00000436. The number of carboxylic acid groups (broad SMARTS) is 2. The number of rotatable bonds is 12. The Labute approximate surface area is 180 Å². The van der Waals surface area contributed by atoms with Gasteiger partial charge in [0.15, 0.2) is 13.1 Å². The lowest BCUT2D eigenvalue weighted by Gasteiger charge is -2.36. The van der Waals surface area contributed by atoms with Gasteiger partial charge in [-0.05, 0) is 6.42 Å². The predicted octanol–water partition coefficient (Wildman–Crippen LogP) is -1.40. The summed E-state index contributed by atoms with van der Waals surface area (Å²) in [7, 11) is 0. The number of carbonyl (C=O) groups excluding carboxylic acids is 2. The van der Waals surface area contributed by atoms with Crippen molar-refractivity contribution in [3.63, 3.8) is 0 Å². The molecule has 2 amide bonds. The van der Waals surface area contributed by atoms with Gasteiger partial charge in [0.25, 0.3) is 0 Å². The van der Waals surface area contributed by atoms with Crippen LogP contribution in [0.2, 0.25) is 0 Å². The molecule has 0 aromatic heterocycles. The van der Waals surface area contributed by atoms with Crippen molar-refractivity contribution in [1.29, 1.82) is 0 Å². The van der Waals surface area contributed by atoms with Crippen molar-refractivity contribution in [2.24, 2.45) is 5.73 Å². The summed E-state index contributed by atoms with van der Waals surface area (Å²) in [6, 6.07) is -2.63. The average molecular weight is 467 g/mol. The number of carbonyl (C=O) groups is 4. The number of aliphatic carboxylic acids is 2. The lowest BCUT2D eigenvalue weighted by Crippen LogP contribution is -2.71. The van der Waals surface area contributed by atoms with Gasteiger partial charge in [-0.15, -0.1) is 11.8 Å². The molecular weight excluding hydrogens is 442 g/mol. The van der Waals surface area contributed by atoms with E-state index in [9.17, 15) is 39.4 Å². The number of nitrogens with one attached hydrogen (secondary N) is 1. The van der Waals surface area contributed by atoms with Crippen LogP contribution in [0.5, 0.6) is 0 Å². The molecule has 0 radical (unpaired) electrons. The molecule has 0 aliphatic carbocycles. The van der Waals surface area contributed by atoms with E-state index in [0.717, 1.165) is 16.7 Å². The van der Waals surface area contributed by atoms with Gasteiger partial charge in [-0.3, -0.25) is 34.6 Å². The molecule has 0 saturated carbocycles. The first-order valence-electron chi connectivity index (χ1n) is 9.05. The van der Waals surface area contributed by atoms with Crippen molar-refractivity contribution >= 4 is 35.5 Å². The summed E-state index contributed by atoms with van der Waals surface area (Å²) < 4.78 is 0. The number of carboxylic acids is 2. The molecule has 2 atom stereocenters. The van der Waals surface area contributed by atoms with Crippen molar-refractivity contribution in [2.45, 2.75) is 44.4 Å². The smallest absolute Gasteiger partial charge is 0.480 e. The van der Waals surface area contributed by atoms with Crippen LogP contribution in [0, 0.1) is 20.2 Å². The van der Waals surface area contributed by atoms with Crippen LogP contribution >= 0.6 is 11.8 Å². The van der Waals surface area contributed by atoms with Crippen molar-refractivity contribution in [3.05, 3.63) is 20.2 Å². The molecule has 1 fully saturated rings. The zero-order valence-corrected chi connectivity index (χ0v) is 17.7. The summed E-state index contributed by atoms with van der Waals surface area (Å²) in [6.45, 7) is 2.63. The molecule has 15 nitrogen and oxygen atoms in total. The topological polar surface area (TPSA) is 236 Å². The van der Waals surface area contributed by atoms with Gasteiger partial charge in [-0.2, -0.15) is 0 Å². The van der Waals surface area contributed by atoms with E-state index in [0.29, 0.717) is 0 Å². The molecule has 2 unspecified atom stereocenters. The Bertz CT molecular complexity index is 696. The standard InChI is InChI=1S/C13H19N5O10S.C2H6/c14-7(11(21)22)1-2-9(19)15-8(12(23)24)3-29-4-10(20)16-5-13(6-16,17(25)26)18(27)28;1-2/h7-8H,1-6,14H2,(H,15,19)(H,21,22)(H,23,24);1-2H3.